The molecule has 1 aromatic carbocycles. The van der Waals surface area contributed by atoms with Crippen molar-refractivity contribution in [2.75, 3.05) is 24.6 Å². The summed E-state index contributed by atoms with van der Waals surface area (Å²) in [7, 11) is -2.62. The first-order valence-electron chi connectivity index (χ1n) is 7.50. The zero-order valence-electron chi connectivity index (χ0n) is 13.9. The van der Waals surface area contributed by atoms with Crippen molar-refractivity contribution in [3.05, 3.63) is 46.6 Å². The molecule has 0 saturated heterocycles. The second-order valence-electron chi connectivity index (χ2n) is 5.40. The number of hydrogen-bond donors (Lipinski definition) is 2. The Hall–Kier alpha value is -1.97. The number of hydrogen-bond acceptors (Lipinski definition) is 5. The molecule has 0 bridgehead atoms. The highest BCUT2D eigenvalue weighted by atomic mass is 79.9. The van der Waals surface area contributed by atoms with E-state index in [9.17, 15) is 13.2 Å². The van der Waals surface area contributed by atoms with Crippen molar-refractivity contribution in [2.24, 2.45) is 0 Å². The van der Waals surface area contributed by atoms with Gasteiger partial charge in [0.1, 0.15) is 10.7 Å². The number of rotatable bonds is 6. The summed E-state index contributed by atoms with van der Waals surface area (Å²) < 4.78 is 26.6. The Balaban J connectivity index is 2.13. The summed E-state index contributed by atoms with van der Waals surface area (Å²) in [4.78, 5) is 15.8. The number of benzene rings is 1. The lowest BCUT2D eigenvalue weighted by Gasteiger charge is -2.18. The van der Waals surface area contributed by atoms with Gasteiger partial charge < -0.3 is 11.1 Å². The van der Waals surface area contributed by atoms with Crippen LogP contribution in [0.3, 0.4) is 0 Å². The molecule has 1 amide bonds. The van der Waals surface area contributed by atoms with Gasteiger partial charge in [-0.1, -0.05) is 19.1 Å². The molecule has 25 heavy (non-hydrogen) atoms. The summed E-state index contributed by atoms with van der Waals surface area (Å²) >= 11 is 3.17. The highest BCUT2D eigenvalue weighted by molar-refractivity contribution is 9.10. The normalized spacial score (nSPS) is 11.5. The third-order valence-electron chi connectivity index (χ3n) is 3.52. The molecule has 2 aromatic rings. The Bertz CT molecular complexity index is 887. The molecule has 1 heterocycles. The molecule has 0 atom stereocenters. The van der Waals surface area contributed by atoms with E-state index in [-0.39, 0.29) is 17.3 Å². The zero-order valence-corrected chi connectivity index (χ0v) is 16.3. The Morgan fingerprint density at radius 3 is 2.76 bits per heavy atom. The molecule has 0 unspecified atom stereocenters. The van der Waals surface area contributed by atoms with Crippen LogP contribution in [0.5, 0.6) is 0 Å². The molecule has 1 aromatic heterocycles. The molecule has 2 rings (SSSR count). The van der Waals surface area contributed by atoms with Crippen molar-refractivity contribution in [3.63, 3.8) is 0 Å². The summed E-state index contributed by atoms with van der Waals surface area (Å²) in [6, 6.07) is 8.75. The number of halogens is 1. The fraction of sp³-hybridized carbons (Fsp3) is 0.250. The van der Waals surface area contributed by atoms with Crippen molar-refractivity contribution in [1.82, 2.24) is 9.29 Å². The minimum absolute atomic E-state index is 0.119. The van der Waals surface area contributed by atoms with Gasteiger partial charge in [0.05, 0.1) is 6.54 Å². The van der Waals surface area contributed by atoms with Crippen LogP contribution in [0.1, 0.15) is 12.5 Å². The summed E-state index contributed by atoms with van der Waals surface area (Å²) in [5.41, 5.74) is 7.36. The highest BCUT2D eigenvalue weighted by Crippen LogP contribution is 2.23. The predicted octanol–water partition coefficient (Wildman–Crippen LogP) is 2.25. The SMILES string of the molecule is CCc1cccc(NC(=O)CN(C)S(=O)(=O)c2cc(Br)cnc2N)c1. The van der Waals surface area contributed by atoms with Gasteiger partial charge in [-0.3, -0.25) is 4.79 Å². The topological polar surface area (TPSA) is 105 Å². The number of anilines is 2. The molecule has 134 valence electrons. The Kier molecular flexibility index (Phi) is 6.15. The van der Waals surface area contributed by atoms with E-state index in [1.165, 1.54) is 19.3 Å². The number of aromatic nitrogens is 1. The molecule has 0 fully saturated rings. The Morgan fingerprint density at radius 1 is 1.36 bits per heavy atom. The number of nitrogens with two attached hydrogens (primary N) is 1. The molecule has 0 radical (unpaired) electrons. The molecule has 0 aliphatic carbocycles. The zero-order chi connectivity index (χ0) is 18.6. The number of nitrogens with one attached hydrogen (secondary N) is 1. The summed E-state index contributed by atoms with van der Waals surface area (Å²) in [5.74, 6) is -0.563. The largest absolute Gasteiger partial charge is 0.383 e. The van der Waals surface area contributed by atoms with Crippen LogP contribution in [0.15, 0.2) is 45.9 Å². The predicted molar refractivity (Wildman–Crippen MR) is 101 cm³/mol. The van der Waals surface area contributed by atoms with E-state index in [0.717, 1.165) is 16.3 Å². The van der Waals surface area contributed by atoms with Crippen LogP contribution in [0.2, 0.25) is 0 Å². The van der Waals surface area contributed by atoms with Gasteiger partial charge in [-0.15, -0.1) is 0 Å². The minimum Gasteiger partial charge on any atom is -0.383 e. The molecule has 0 spiro atoms. The Morgan fingerprint density at radius 2 is 2.08 bits per heavy atom. The molecule has 0 aliphatic rings. The van der Waals surface area contributed by atoms with Gasteiger partial charge in [-0.2, -0.15) is 4.31 Å². The number of carbonyl (C=O) groups is 1. The van der Waals surface area contributed by atoms with E-state index in [2.05, 4.69) is 26.2 Å². The molecule has 3 N–H and O–H groups in total. The summed E-state index contributed by atoms with van der Waals surface area (Å²) in [6.07, 6.45) is 2.24. The molecular formula is C16H19BrN4O3S. The number of nitrogen functional groups attached to an aromatic ring is 1. The molecular weight excluding hydrogens is 408 g/mol. The first kappa shape index (κ1) is 19.4. The summed E-state index contributed by atoms with van der Waals surface area (Å²) in [6.45, 7) is 1.67. The van der Waals surface area contributed by atoms with Gasteiger partial charge in [-0.05, 0) is 46.1 Å². The quantitative estimate of drug-likeness (QED) is 0.736. The molecule has 9 heteroatoms. The second-order valence-corrected chi connectivity index (χ2v) is 8.33. The molecule has 0 saturated carbocycles. The van der Waals surface area contributed by atoms with E-state index < -0.39 is 15.9 Å². The van der Waals surface area contributed by atoms with Gasteiger partial charge in [0.15, 0.2) is 0 Å². The lowest BCUT2D eigenvalue weighted by Crippen LogP contribution is -2.35. The Labute approximate surface area is 155 Å². The second kappa shape index (κ2) is 7.94. The van der Waals surface area contributed by atoms with Crippen molar-refractivity contribution < 1.29 is 13.2 Å². The maximum absolute atomic E-state index is 12.6. The van der Waals surface area contributed by atoms with E-state index in [1.54, 1.807) is 6.07 Å². The van der Waals surface area contributed by atoms with Crippen LogP contribution in [-0.4, -0.2) is 37.2 Å². The molecule has 0 aliphatic heterocycles. The lowest BCUT2D eigenvalue weighted by atomic mass is 10.1. The van der Waals surface area contributed by atoms with Crippen LogP contribution < -0.4 is 11.1 Å². The van der Waals surface area contributed by atoms with Crippen LogP contribution in [0.25, 0.3) is 0 Å². The fourth-order valence-electron chi connectivity index (χ4n) is 2.16. The maximum atomic E-state index is 12.6. The third-order valence-corrected chi connectivity index (χ3v) is 5.79. The van der Waals surface area contributed by atoms with Crippen LogP contribution in [-0.2, 0) is 21.2 Å². The standard InChI is InChI=1S/C16H19BrN4O3S/c1-3-11-5-4-6-13(7-11)20-15(22)10-21(2)25(23,24)14-8-12(17)9-19-16(14)18/h4-9H,3,10H2,1-2H3,(H2,18,19)(H,20,22). The number of aryl methyl sites for hydroxylation is 1. The maximum Gasteiger partial charge on any atom is 0.246 e. The van der Waals surface area contributed by atoms with Gasteiger partial charge >= 0.3 is 0 Å². The van der Waals surface area contributed by atoms with E-state index in [0.29, 0.717) is 10.2 Å². The average molecular weight is 427 g/mol. The van der Waals surface area contributed by atoms with E-state index in [1.807, 2.05) is 25.1 Å². The first-order valence-corrected chi connectivity index (χ1v) is 9.73. The average Bonchev–Trinajstić information content (AvgIpc) is 2.56. The van der Waals surface area contributed by atoms with Crippen LogP contribution in [0, 0.1) is 0 Å². The van der Waals surface area contributed by atoms with Gasteiger partial charge in [-0.25, -0.2) is 13.4 Å². The first-order chi connectivity index (χ1) is 11.7. The van der Waals surface area contributed by atoms with Gasteiger partial charge in [0, 0.05) is 23.4 Å². The lowest BCUT2D eigenvalue weighted by molar-refractivity contribution is -0.116. The van der Waals surface area contributed by atoms with Crippen molar-refractivity contribution in [1.29, 1.82) is 0 Å². The number of carbonyl (C=O) groups excluding carboxylic acids is 1. The molecule has 7 nitrogen and oxygen atoms in total. The summed E-state index contributed by atoms with van der Waals surface area (Å²) in [5, 5.41) is 2.70. The van der Waals surface area contributed by atoms with Crippen molar-refractivity contribution in [3.8, 4) is 0 Å². The number of nitrogens with zero attached hydrogens (tertiary/aromatic N) is 2. The number of pyridine rings is 1. The number of sulfonamides is 1. The number of likely N-dealkylation sites (N-methyl/N-ethyl adjacent to an activating group) is 1. The van der Waals surface area contributed by atoms with Crippen molar-refractivity contribution >= 4 is 43.4 Å². The monoisotopic (exact) mass is 426 g/mol. The van der Waals surface area contributed by atoms with Crippen molar-refractivity contribution in [2.45, 2.75) is 18.2 Å². The third kappa shape index (κ3) is 4.77. The van der Waals surface area contributed by atoms with Gasteiger partial charge in [0.2, 0.25) is 15.9 Å². The number of amides is 1. The van der Waals surface area contributed by atoms with Gasteiger partial charge in [0.25, 0.3) is 0 Å². The minimum atomic E-state index is -3.94. The highest BCUT2D eigenvalue weighted by Gasteiger charge is 2.26. The van der Waals surface area contributed by atoms with Crippen LogP contribution >= 0.6 is 15.9 Å². The fourth-order valence-corrected chi connectivity index (χ4v) is 3.86. The van der Waals surface area contributed by atoms with E-state index >= 15 is 0 Å². The smallest absolute Gasteiger partial charge is 0.246 e. The van der Waals surface area contributed by atoms with E-state index in [4.69, 9.17) is 5.73 Å². The van der Waals surface area contributed by atoms with Crippen LogP contribution in [0.4, 0.5) is 11.5 Å².